The number of hydrogen-bond donors (Lipinski definition) is 1. The average Bonchev–Trinajstić information content (AvgIpc) is 2.46. The zero-order valence-electron chi connectivity index (χ0n) is 12.6. The highest BCUT2D eigenvalue weighted by Gasteiger charge is 2.18. The Labute approximate surface area is 133 Å². The maximum Gasteiger partial charge on any atom is 0.305 e. The van der Waals surface area contributed by atoms with Crippen molar-refractivity contribution >= 4 is 21.9 Å². The van der Waals surface area contributed by atoms with Crippen molar-refractivity contribution in [2.24, 2.45) is 5.73 Å². The molecule has 0 aliphatic heterocycles. The van der Waals surface area contributed by atoms with E-state index in [2.05, 4.69) is 15.9 Å². The van der Waals surface area contributed by atoms with Gasteiger partial charge in [0.15, 0.2) is 0 Å². The smallest absolute Gasteiger partial charge is 0.305 e. The van der Waals surface area contributed by atoms with Crippen LogP contribution >= 0.6 is 15.9 Å². The second kappa shape index (κ2) is 8.89. The number of ether oxygens (including phenoxy) is 3. The Balaban J connectivity index is 2.73. The second-order valence-corrected chi connectivity index (χ2v) is 5.38. The van der Waals surface area contributed by atoms with Gasteiger partial charge in [0.25, 0.3) is 0 Å². The summed E-state index contributed by atoms with van der Waals surface area (Å²) in [6.45, 7) is 2.20. The molecule has 0 bridgehead atoms. The van der Waals surface area contributed by atoms with E-state index in [1.54, 1.807) is 27.2 Å². The molecule has 0 saturated heterocycles. The van der Waals surface area contributed by atoms with Gasteiger partial charge in [-0.3, -0.25) is 4.79 Å². The fourth-order valence-electron chi connectivity index (χ4n) is 2.06. The van der Waals surface area contributed by atoms with Gasteiger partial charge in [0.1, 0.15) is 11.5 Å². The highest BCUT2D eigenvalue weighted by molar-refractivity contribution is 9.10. The number of benzene rings is 1. The molecule has 0 heterocycles. The third-order valence-corrected chi connectivity index (χ3v) is 3.75. The summed E-state index contributed by atoms with van der Waals surface area (Å²) in [5.41, 5.74) is 7.10. The topological polar surface area (TPSA) is 70.8 Å². The third kappa shape index (κ3) is 5.21. The predicted molar refractivity (Wildman–Crippen MR) is 84.7 cm³/mol. The lowest BCUT2D eigenvalue weighted by Crippen LogP contribution is -2.13. The molecule has 0 fully saturated rings. The number of halogens is 1. The van der Waals surface area contributed by atoms with Crippen LogP contribution in [0.25, 0.3) is 0 Å². The van der Waals surface area contributed by atoms with Crippen molar-refractivity contribution in [1.82, 2.24) is 0 Å². The Morgan fingerprint density at radius 1 is 1.33 bits per heavy atom. The molecule has 0 spiro atoms. The molecular formula is C15H22BrNO4. The van der Waals surface area contributed by atoms with Crippen molar-refractivity contribution in [3.63, 3.8) is 0 Å². The highest BCUT2D eigenvalue weighted by atomic mass is 79.9. The minimum atomic E-state index is -0.227. The fourth-order valence-corrected chi connectivity index (χ4v) is 2.77. The molecule has 0 amide bonds. The van der Waals surface area contributed by atoms with Crippen molar-refractivity contribution < 1.29 is 19.0 Å². The Morgan fingerprint density at radius 2 is 2.05 bits per heavy atom. The van der Waals surface area contributed by atoms with Crippen molar-refractivity contribution in [3.8, 4) is 11.5 Å². The molecule has 0 aliphatic carbocycles. The van der Waals surface area contributed by atoms with Gasteiger partial charge in [-0.25, -0.2) is 0 Å². The Morgan fingerprint density at radius 3 is 2.62 bits per heavy atom. The molecule has 6 heteroatoms. The Kier molecular flexibility index (Phi) is 7.53. The van der Waals surface area contributed by atoms with Crippen molar-refractivity contribution in [1.29, 1.82) is 0 Å². The van der Waals surface area contributed by atoms with Gasteiger partial charge in [-0.1, -0.05) is 15.9 Å². The van der Waals surface area contributed by atoms with E-state index in [1.807, 2.05) is 6.07 Å². The van der Waals surface area contributed by atoms with Gasteiger partial charge in [-0.2, -0.15) is 0 Å². The van der Waals surface area contributed by atoms with Crippen LogP contribution in [0, 0.1) is 0 Å². The van der Waals surface area contributed by atoms with Crippen LogP contribution in [0.5, 0.6) is 11.5 Å². The van der Waals surface area contributed by atoms with Crippen molar-refractivity contribution in [2.45, 2.75) is 32.2 Å². The molecule has 1 unspecified atom stereocenters. The van der Waals surface area contributed by atoms with Crippen LogP contribution in [0.1, 0.15) is 37.8 Å². The van der Waals surface area contributed by atoms with Crippen LogP contribution < -0.4 is 15.2 Å². The van der Waals surface area contributed by atoms with Crippen LogP contribution in [0.3, 0.4) is 0 Å². The molecule has 1 rings (SSSR count). The van der Waals surface area contributed by atoms with E-state index in [1.165, 1.54) is 0 Å². The molecule has 1 aromatic rings. The normalized spacial score (nSPS) is 11.9. The number of carbonyl (C=O) groups is 1. The van der Waals surface area contributed by atoms with Crippen LogP contribution in [-0.4, -0.2) is 26.8 Å². The predicted octanol–water partition coefficient (Wildman–Crippen LogP) is 3.20. The highest BCUT2D eigenvalue weighted by Crippen LogP contribution is 2.37. The zero-order valence-corrected chi connectivity index (χ0v) is 14.2. The van der Waals surface area contributed by atoms with E-state index in [-0.39, 0.29) is 12.0 Å². The zero-order chi connectivity index (χ0) is 15.8. The third-order valence-electron chi connectivity index (χ3n) is 3.09. The lowest BCUT2D eigenvalue weighted by Gasteiger charge is -2.18. The lowest BCUT2D eigenvalue weighted by molar-refractivity contribution is -0.143. The standard InChI is InChI=1S/C15H22BrNO4/c1-4-21-14(18)7-5-6-12(17)15-11(16)8-10(19-2)9-13(15)20-3/h8-9,12H,4-7,17H2,1-3H3. The van der Waals surface area contributed by atoms with Gasteiger partial charge in [0.05, 0.1) is 20.8 Å². The molecule has 5 nitrogen and oxygen atoms in total. The first-order valence-electron chi connectivity index (χ1n) is 6.86. The monoisotopic (exact) mass is 359 g/mol. The summed E-state index contributed by atoms with van der Waals surface area (Å²) in [4.78, 5) is 11.3. The molecule has 1 aromatic carbocycles. The van der Waals surface area contributed by atoms with Gasteiger partial charge in [-0.05, 0) is 25.8 Å². The van der Waals surface area contributed by atoms with Crippen LogP contribution in [-0.2, 0) is 9.53 Å². The minimum Gasteiger partial charge on any atom is -0.497 e. The number of rotatable bonds is 8. The molecule has 0 aliphatic rings. The van der Waals surface area contributed by atoms with Gasteiger partial charge < -0.3 is 19.9 Å². The molecule has 118 valence electrons. The van der Waals surface area contributed by atoms with Crippen LogP contribution in [0.4, 0.5) is 0 Å². The molecule has 0 radical (unpaired) electrons. The Bertz CT molecular complexity index is 479. The van der Waals surface area contributed by atoms with Gasteiger partial charge in [0.2, 0.25) is 0 Å². The lowest BCUT2D eigenvalue weighted by atomic mass is 10.0. The summed E-state index contributed by atoms with van der Waals surface area (Å²) in [7, 11) is 3.19. The summed E-state index contributed by atoms with van der Waals surface area (Å²) in [6.07, 6.45) is 1.71. The maximum absolute atomic E-state index is 11.3. The van der Waals surface area contributed by atoms with E-state index in [0.717, 1.165) is 10.0 Å². The number of carbonyl (C=O) groups excluding carboxylic acids is 1. The molecule has 0 aromatic heterocycles. The van der Waals surface area contributed by atoms with E-state index in [4.69, 9.17) is 19.9 Å². The summed E-state index contributed by atoms with van der Waals surface area (Å²) in [6, 6.07) is 3.42. The van der Waals surface area contributed by atoms with Crippen molar-refractivity contribution in [2.75, 3.05) is 20.8 Å². The Hall–Kier alpha value is -1.27. The molecule has 2 N–H and O–H groups in total. The maximum atomic E-state index is 11.3. The SMILES string of the molecule is CCOC(=O)CCCC(N)c1c(Br)cc(OC)cc1OC. The number of methoxy groups -OCH3 is 2. The average molecular weight is 360 g/mol. The summed E-state index contributed by atoms with van der Waals surface area (Å²) in [5, 5.41) is 0. The van der Waals surface area contributed by atoms with Gasteiger partial charge >= 0.3 is 5.97 Å². The summed E-state index contributed by atoms with van der Waals surface area (Å²) in [5.74, 6) is 1.18. The molecule has 21 heavy (non-hydrogen) atoms. The minimum absolute atomic E-state index is 0.189. The molecule has 1 atom stereocenters. The summed E-state index contributed by atoms with van der Waals surface area (Å²) < 4.78 is 16.3. The second-order valence-electron chi connectivity index (χ2n) is 4.53. The van der Waals surface area contributed by atoms with Gasteiger partial charge in [0, 0.05) is 28.6 Å². The van der Waals surface area contributed by atoms with E-state index >= 15 is 0 Å². The quantitative estimate of drug-likeness (QED) is 0.721. The number of esters is 1. The van der Waals surface area contributed by atoms with Crippen LogP contribution in [0.15, 0.2) is 16.6 Å². The largest absolute Gasteiger partial charge is 0.497 e. The molecule has 0 saturated carbocycles. The first kappa shape index (κ1) is 17.8. The number of hydrogen-bond acceptors (Lipinski definition) is 5. The fraction of sp³-hybridized carbons (Fsp3) is 0.533. The van der Waals surface area contributed by atoms with E-state index < -0.39 is 0 Å². The van der Waals surface area contributed by atoms with E-state index in [0.29, 0.717) is 37.4 Å². The van der Waals surface area contributed by atoms with Crippen LogP contribution in [0.2, 0.25) is 0 Å². The first-order valence-corrected chi connectivity index (χ1v) is 7.65. The number of nitrogens with two attached hydrogens (primary N) is 1. The van der Waals surface area contributed by atoms with E-state index in [9.17, 15) is 4.79 Å². The molecular weight excluding hydrogens is 338 g/mol. The van der Waals surface area contributed by atoms with Gasteiger partial charge in [-0.15, -0.1) is 0 Å². The summed E-state index contributed by atoms with van der Waals surface area (Å²) >= 11 is 3.49. The van der Waals surface area contributed by atoms with Crippen molar-refractivity contribution in [3.05, 3.63) is 22.2 Å². The first-order chi connectivity index (χ1) is 10.0.